The molecule has 0 bridgehead atoms. The van der Waals surface area contributed by atoms with E-state index in [1.54, 1.807) is 5.51 Å². The Kier molecular flexibility index (Phi) is 8.05. The minimum atomic E-state index is -1.22. The van der Waals surface area contributed by atoms with Gasteiger partial charge in [0.2, 0.25) is 6.41 Å². The summed E-state index contributed by atoms with van der Waals surface area (Å²) in [5.41, 5.74) is 1.97. The highest BCUT2D eigenvalue weighted by Crippen LogP contribution is 2.41. The van der Waals surface area contributed by atoms with Crippen molar-refractivity contribution in [2.75, 3.05) is 23.9 Å². The molecule has 1 unspecified atom stereocenters. The van der Waals surface area contributed by atoms with Crippen molar-refractivity contribution >= 4 is 97.2 Å². The Morgan fingerprint density at radius 3 is 2.94 bits per heavy atom. The van der Waals surface area contributed by atoms with Crippen molar-refractivity contribution < 1.29 is 29.1 Å². The summed E-state index contributed by atoms with van der Waals surface area (Å²) >= 11 is 8.37. The molecular formula is C17H14BrN7O6S4. The molecule has 0 aliphatic carbocycles. The predicted octanol–water partition coefficient (Wildman–Crippen LogP) is 1.21. The average molecular weight is 621 g/mol. The summed E-state index contributed by atoms with van der Waals surface area (Å²) in [6.45, 7) is 0. The molecule has 0 saturated carbocycles. The molecule has 35 heavy (non-hydrogen) atoms. The zero-order valence-corrected chi connectivity index (χ0v) is 22.3. The number of rotatable bonds is 10. The zero-order chi connectivity index (χ0) is 25.1. The maximum atomic E-state index is 13.0. The van der Waals surface area contributed by atoms with Gasteiger partial charge in [0.05, 0.1) is 0 Å². The highest BCUT2D eigenvalue weighted by Gasteiger charge is 2.54. The van der Waals surface area contributed by atoms with E-state index in [2.05, 4.69) is 46.9 Å². The van der Waals surface area contributed by atoms with E-state index in [-0.39, 0.29) is 22.2 Å². The fourth-order valence-corrected chi connectivity index (χ4v) is 7.58. The third-order valence-electron chi connectivity index (χ3n) is 4.64. The molecule has 2 atom stereocenters. The summed E-state index contributed by atoms with van der Waals surface area (Å²) in [5, 5.41) is 25.8. The standard InChI is InChI=1S/C17H14BrN7O6S4/c1-31-24-8(7-11(18)35-16(22-7)19-4-26)12(27)21-9-13(28)25-10(15(29)30)6(2-32-14(9)25)3-33-17-23-20-5-34-17/h4-5,9,14H,2-3H2,1H3,(H,21,27)(H,29,30)(H,19,22,26)/t9?,14-/m1/s1. The first kappa shape index (κ1) is 25.5. The van der Waals surface area contributed by atoms with Crippen LogP contribution >= 0.6 is 62.1 Å². The lowest BCUT2D eigenvalue weighted by Crippen LogP contribution is -2.71. The summed E-state index contributed by atoms with van der Waals surface area (Å²) in [6, 6.07) is -0.966. The number of halogens is 1. The number of carbonyl (C=O) groups excluding carboxylic acids is 3. The number of oxime groups is 1. The van der Waals surface area contributed by atoms with Gasteiger partial charge in [-0.25, -0.2) is 9.78 Å². The van der Waals surface area contributed by atoms with E-state index in [1.165, 1.54) is 46.9 Å². The molecule has 4 heterocycles. The SMILES string of the molecule is CON=C(C(=O)NC1C(=O)N2C(C(=O)O)=C(CSc3nncs3)CS[C@H]12)c1nc(NC=O)sc1Br. The number of amides is 3. The first-order valence-electron chi connectivity index (χ1n) is 9.43. The second kappa shape index (κ2) is 11.0. The fraction of sp³-hybridized carbons (Fsp3) is 0.294. The summed E-state index contributed by atoms with van der Waals surface area (Å²) in [5.74, 6) is -1.80. The number of carboxylic acids is 1. The second-order valence-corrected chi connectivity index (χ2v) is 12.1. The molecule has 3 N–H and O–H groups in total. The van der Waals surface area contributed by atoms with Gasteiger partial charge in [-0.3, -0.25) is 19.3 Å². The molecule has 2 aromatic rings. The van der Waals surface area contributed by atoms with Crippen LogP contribution in [0.2, 0.25) is 0 Å². The zero-order valence-electron chi connectivity index (χ0n) is 17.5. The predicted molar refractivity (Wildman–Crippen MR) is 133 cm³/mol. The van der Waals surface area contributed by atoms with Gasteiger partial charge in [-0.05, 0) is 21.5 Å². The van der Waals surface area contributed by atoms with Crippen molar-refractivity contribution in [3.05, 3.63) is 26.3 Å². The van der Waals surface area contributed by atoms with Crippen LogP contribution in [0.15, 0.2) is 30.1 Å². The van der Waals surface area contributed by atoms with Gasteiger partial charge in [0, 0.05) is 11.5 Å². The number of carbonyl (C=O) groups is 4. The van der Waals surface area contributed by atoms with Gasteiger partial charge < -0.3 is 20.6 Å². The lowest BCUT2D eigenvalue weighted by Gasteiger charge is -2.49. The van der Waals surface area contributed by atoms with Gasteiger partial charge in [-0.15, -0.1) is 22.0 Å². The van der Waals surface area contributed by atoms with Crippen LogP contribution in [-0.2, 0) is 24.0 Å². The maximum Gasteiger partial charge on any atom is 0.352 e. The number of anilines is 1. The Morgan fingerprint density at radius 1 is 1.49 bits per heavy atom. The smallest absolute Gasteiger partial charge is 0.352 e. The van der Waals surface area contributed by atoms with Gasteiger partial charge >= 0.3 is 5.97 Å². The number of β-lactam (4-membered cyclic amide) rings is 1. The van der Waals surface area contributed by atoms with E-state index in [0.29, 0.717) is 31.6 Å². The van der Waals surface area contributed by atoms with Crippen molar-refractivity contribution in [1.29, 1.82) is 0 Å². The molecule has 1 saturated heterocycles. The number of thioether (sulfide) groups is 2. The highest BCUT2D eigenvalue weighted by atomic mass is 79.9. The fourth-order valence-electron chi connectivity index (χ4n) is 3.22. The molecule has 3 amide bonds. The number of aliphatic carboxylic acids is 1. The van der Waals surface area contributed by atoms with Crippen LogP contribution in [0, 0.1) is 0 Å². The largest absolute Gasteiger partial charge is 0.477 e. The highest BCUT2D eigenvalue weighted by molar-refractivity contribution is 9.11. The Hall–Kier alpha value is -2.54. The van der Waals surface area contributed by atoms with Crippen LogP contribution in [0.3, 0.4) is 0 Å². The molecule has 0 spiro atoms. The van der Waals surface area contributed by atoms with Crippen molar-refractivity contribution in [2.24, 2.45) is 5.16 Å². The molecule has 18 heteroatoms. The van der Waals surface area contributed by atoms with Gasteiger partial charge in [0.15, 0.2) is 15.2 Å². The summed E-state index contributed by atoms with van der Waals surface area (Å²) in [7, 11) is 1.25. The number of nitrogens with one attached hydrogen (secondary N) is 2. The van der Waals surface area contributed by atoms with Crippen molar-refractivity contribution in [3.8, 4) is 0 Å². The maximum absolute atomic E-state index is 13.0. The van der Waals surface area contributed by atoms with Crippen LogP contribution in [-0.4, -0.2) is 85.1 Å². The lowest BCUT2D eigenvalue weighted by molar-refractivity contribution is -0.150. The molecule has 184 valence electrons. The number of carboxylic acid groups (broad SMARTS) is 1. The van der Waals surface area contributed by atoms with Gasteiger partial charge in [0.25, 0.3) is 11.8 Å². The summed E-state index contributed by atoms with van der Waals surface area (Å²) in [4.78, 5) is 58.7. The number of nitrogens with zero attached hydrogens (tertiary/aromatic N) is 5. The second-order valence-electron chi connectivity index (χ2n) is 6.64. The monoisotopic (exact) mass is 619 g/mol. The number of hydrogen-bond donors (Lipinski definition) is 3. The number of thiazole rings is 1. The molecule has 1 fully saturated rings. The number of aromatic nitrogens is 3. The third-order valence-corrected chi connectivity index (χ3v) is 9.56. The molecule has 0 aromatic carbocycles. The molecule has 2 aliphatic heterocycles. The minimum absolute atomic E-state index is 0.0844. The Bertz CT molecular complexity index is 1230. The molecule has 2 aliphatic rings. The summed E-state index contributed by atoms with van der Waals surface area (Å²) in [6.07, 6.45) is 0.443. The van der Waals surface area contributed by atoms with Gasteiger partial charge in [0.1, 0.15) is 39.2 Å². The minimum Gasteiger partial charge on any atom is -0.477 e. The van der Waals surface area contributed by atoms with Crippen molar-refractivity contribution in [1.82, 2.24) is 25.4 Å². The molecule has 2 aromatic heterocycles. The third kappa shape index (κ3) is 5.20. The van der Waals surface area contributed by atoms with E-state index in [4.69, 9.17) is 4.84 Å². The van der Waals surface area contributed by atoms with E-state index < -0.39 is 29.2 Å². The normalized spacial score (nSPS) is 19.7. The average Bonchev–Trinajstić information content (AvgIpc) is 3.48. The number of fused-ring (bicyclic) bond motifs is 1. The van der Waals surface area contributed by atoms with E-state index in [0.717, 1.165) is 11.3 Å². The van der Waals surface area contributed by atoms with E-state index in [1.807, 2.05) is 0 Å². The van der Waals surface area contributed by atoms with Crippen molar-refractivity contribution in [2.45, 2.75) is 15.8 Å². The van der Waals surface area contributed by atoms with Gasteiger partial charge in [-0.2, -0.15) is 0 Å². The Morgan fingerprint density at radius 2 is 2.29 bits per heavy atom. The van der Waals surface area contributed by atoms with Crippen LogP contribution in [0.1, 0.15) is 5.69 Å². The Balaban J connectivity index is 1.50. The first-order chi connectivity index (χ1) is 16.8. The molecule has 13 nitrogen and oxygen atoms in total. The topological polar surface area (TPSA) is 176 Å². The molecule has 0 radical (unpaired) electrons. The molecule has 4 rings (SSSR count). The summed E-state index contributed by atoms with van der Waals surface area (Å²) < 4.78 is 1.11. The van der Waals surface area contributed by atoms with Crippen LogP contribution in [0.25, 0.3) is 0 Å². The Labute approximate surface area is 221 Å². The van der Waals surface area contributed by atoms with E-state index in [9.17, 15) is 24.3 Å². The quantitative estimate of drug-likeness (QED) is 0.114. The van der Waals surface area contributed by atoms with Crippen LogP contribution in [0.5, 0.6) is 0 Å². The first-order valence-corrected chi connectivity index (χ1v) is 14.0. The van der Waals surface area contributed by atoms with Crippen LogP contribution < -0.4 is 10.6 Å². The van der Waals surface area contributed by atoms with Crippen molar-refractivity contribution in [3.63, 3.8) is 0 Å². The number of hydrogen-bond acceptors (Lipinski definition) is 13. The molecular weight excluding hydrogens is 606 g/mol. The lowest BCUT2D eigenvalue weighted by atomic mass is 10.0. The van der Waals surface area contributed by atoms with Crippen LogP contribution in [0.4, 0.5) is 5.13 Å². The van der Waals surface area contributed by atoms with Gasteiger partial charge in [-0.1, -0.05) is 39.6 Å². The van der Waals surface area contributed by atoms with E-state index >= 15 is 0 Å².